The van der Waals surface area contributed by atoms with Gasteiger partial charge in [0.25, 0.3) is 0 Å². The Bertz CT molecular complexity index is 592. The van der Waals surface area contributed by atoms with E-state index < -0.39 is 28.6 Å². The molecule has 0 bridgehead atoms. The largest absolute Gasteiger partial charge is 0.358 e. The number of nitrogens with zero attached hydrogens (tertiary/aromatic N) is 1. The highest BCUT2D eigenvalue weighted by molar-refractivity contribution is 8.23. The number of rotatable bonds is 3. The number of thiocarbonyl (C=S) groups is 1. The average Bonchev–Trinajstić information content (AvgIpc) is 3.02. The van der Waals surface area contributed by atoms with Gasteiger partial charge in [0.05, 0.1) is 10.9 Å². The third-order valence-electron chi connectivity index (χ3n) is 3.30. The molecule has 1 amide bonds. The zero-order valence-electron chi connectivity index (χ0n) is 11.9. The minimum atomic E-state index is -1.61. The van der Waals surface area contributed by atoms with Gasteiger partial charge < -0.3 is 10.2 Å². The second kappa shape index (κ2) is 7.32. The molecule has 0 aromatic heterocycles. The summed E-state index contributed by atoms with van der Waals surface area (Å²) in [7, 11) is 0. The van der Waals surface area contributed by atoms with E-state index in [4.69, 9.17) is 12.2 Å². The van der Waals surface area contributed by atoms with Crippen LogP contribution in [0.1, 0.15) is 19.8 Å². The summed E-state index contributed by atoms with van der Waals surface area (Å²) in [6.07, 6.45) is 2.14. The second-order valence-corrected chi connectivity index (χ2v) is 6.91. The number of carbonyl (C=O) groups is 1. The number of anilines is 1. The Balaban J connectivity index is 1.96. The molecule has 8 heteroatoms. The van der Waals surface area contributed by atoms with Crippen molar-refractivity contribution in [2.45, 2.75) is 25.0 Å². The highest BCUT2D eigenvalue weighted by Gasteiger charge is 2.23. The summed E-state index contributed by atoms with van der Waals surface area (Å²) in [6, 6.07) is 1.75. The molecule has 0 saturated carbocycles. The van der Waals surface area contributed by atoms with Crippen LogP contribution in [-0.2, 0) is 4.79 Å². The lowest BCUT2D eigenvalue weighted by Crippen LogP contribution is -2.29. The molecule has 2 rings (SSSR count). The summed E-state index contributed by atoms with van der Waals surface area (Å²) in [5, 5.41) is 1.69. The van der Waals surface area contributed by atoms with Gasteiger partial charge in [-0.15, -0.1) is 0 Å². The molecule has 120 valence electrons. The molecule has 0 spiro atoms. The number of nitrogens with one attached hydrogen (secondary N) is 1. The quantitative estimate of drug-likeness (QED) is 0.669. The van der Waals surface area contributed by atoms with Crippen LogP contribution in [0.15, 0.2) is 12.1 Å². The van der Waals surface area contributed by atoms with E-state index in [0.717, 1.165) is 38.1 Å². The van der Waals surface area contributed by atoms with E-state index in [1.165, 1.54) is 11.8 Å². The molecule has 0 aliphatic carbocycles. The van der Waals surface area contributed by atoms with Crippen molar-refractivity contribution in [2.75, 3.05) is 18.4 Å². The number of amides is 1. The second-order valence-electron chi connectivity index (χ2n) is 4.93. The maximum Gasteiger partial charge on any atom is 0.237 e. The van der Waals surface area contributed by atoms with Crippen molar-refractivity contribution in [3.8, 4) is 0 Å². The maximum atomic E-state index is 13.5. The Labute approximate surface area is 136 Å². The molecule has 1 aromatic carbocycles. The number of carbonyl (C=O) groups excluding carboxylic acids is 1. The summed E-state index contributed by atoms with van der Waals surface area (Å²) in [4.78, 5) is 14.0. The van der Waals surface area contributed by atoms with Crippen LogP contribution in [0.25, 0.3) is 0 Å². The van der Waals surface area contributed by atoms with E-state index in [1.807, 2.05) is 4.90 Å². The van der Waals surface area contributed by atoms with Crippen molar-refractivity contribution in [1.29, 1.82) is 0 Å². The first kappa shape index (κ1) is 17.1. The molecular weight excluding hydrogens is 333 g/mol. The van der Waals surface area contributed by atoms with Crippen molar-refractivity contribution in [1.82, 2.24) is 4.90 Å². The fraction of sp³-hybridized carbons (Fsp3) is 0.429. The number of benzene rings is 1. The van der Waals surface area contributed by atoms with Crippen LogP contribution in [0.3, 0.4) is 0 Å². The van der Waals surface area contributed by atoms with Crippen molar-refractivity contribution in [3.05, 3.63) is 29.6 Å². The van der Waals surface area contributed by atoms with Crippen molar-refractivity contribution >= 4 is 39.9 Å². The first-order valence-corrected chi connectivity index (χ1v) is 8.09. The lowest BCUT2D eigenvalue weighted by molar-refractivity contribution is -0.115. The third-order valence-corrected chi connectivity index (χ3v) is 4.88. The van der Waals surface area contributed by atoms with Crippen LogP contribution in [0.2, 0.25) is 0 Å². The highest BCUT2D eigenvalue weighted by atomic mass is 32.2. The van der Waals surface area contributed by atoms with Crippen molar-refractivity contribution < 1.29 is 18.0 Å². The molecule has 0 unspecified atom stereocenters. The fourth-order valence-corrected chi connectivity index (χ4v) is 3.45. The topological polar surface area (TPSA) is 32.3 Å². The van der Waals surface area contributed by atoms with Crippen LogP contribution < -0.4 is 5.32 Å². The van der Waals surface area contributed by atoms with E-state index in [-0.39, 0.29) is 5.69 Å². The van der Waals surface area contributed by atoms with Gasteiger partial charge in [-0.1, -0.05) is 24.0 Å². The lowest BCUT2D eigenvalue weighted by atomic mass is 10.2. The monoisotopic (exact) mass is 348 g/mol. The molecule has 1 aliphatic rings. The van der Waals surface area contributed by atoms with Gasteiger partial charge in [0, 0.05) is 13.1 Å². The number of thioether (sulfide) groups is 1. The van der Waals surface area contributed by atoms with Crippen LogP contribution in [-0.4, -0.2) is 33.5 Å². The Kier molecular flexibility index (Phi) is 5.69. The van der Waals surface area contributed by atoms with Gasteiger partial charge in [-0.2, -0.15) is 0 Å². The maximum absolute atomic E-state index is 13.5. The normalized spacial score (nSPS) is 15.7. The summed E-state index contributed by atoms with van der Waals surface area (Å²) in [6.45, 7) is 3.37. The Hall–Kier alpha value is -1.28. The first-order chi connectivity index (χ1) is 10.4. The molecule has 3 nitrogen and oxygen atoms in total. The third kappa shape index (κ3) is 3.92. The molecule has 0 radical (unpaired) electrons. The molecule has 1 atom stereocenters. The zero-order valence-corrected chi connectivity index (χ0v) is 13.5. The number of likely N-dealkylation sites (tertiary alicyclic amines) is 1. The lowest BCUT2D eigenvalue weighted by Gasteiger charge is -2.20. The van der Waals surface area contributed by atoms with E-state index in [9.17, 15) is 18.0 Å². The van der Waals surface area contributed by atoms with Crippen molar-refractivity contribution in [3.63, 3.8) is 0 Å². The average molecular weight is 348 g/mol. The predicted octanol–water partition coefficient (Wildman–Crippen LogP) is 3.54. The molecule has 1 fully saturated rings. The van der Waals surface area contributed by atoms with E-state index in [0.29, 0.717) is 4.32 Å². The van der Waals surface area contributed by atoms with Gasteiger partial charge in [-0.3, -0.25) is 4.79 Å². The predicted molar refractivity (Wildman–Crippen MR) is 85.4 cm³/mol. The molecule has 1 saturated heterocycles. The zero-order chi connectivity index (χ0) is 16.3. The highest BCUT2D eigenvalue weighted by Crippen LogP contribution is 2.23. The van der Waals surface area contributed by atoms with E-state index in [2.05, 4.69) is 5.32 Å². The van der Waals surface area contributed by atoms with Crippen LogP contribution in [0, 0.1) is 17.5 Å². The summed E-state index contributed by atoms with van der Waals surface area (Å²) >= 11 is 6.46. The van der Waals surface area contributed by atoms with Crippen LogP contribution in [0.4, 0.5) is 18.9 Å². The van der Waals surface area contributed by atoms with E-state index in [1.54, 1.807) is 6.92 Å². The summed E-state index contributed by atoms with van der Waals surface area (Å²) < 4.78 is 40.1. The number of halogens is 3. The van der Waals surface area contributed by atoms with Gasteiger partial charge in [-0.05, 0) is 31.9 Å². The number of hydrogen-bond acceptors (Lipinski definition) is 3. The molecular formula is C14H15F3N2OS2. The SMILES string of the molecule is C[C@@H](SC(=S)N1CCCC1)C(=O)Nc1ccc(F)c(F)c1F. The van der Waals surface area contributed by atoms with Gasteiger partial charge in [0.2, 0.25) is 5.91 Å². The Morgan fingerprint density at radius 3 is 2.55 bits per heavy atom. The van der Waals surface area contributed by atoms with Gasteiger partial charge >= 0.3 is 0 Å². The smallest absolute Gasteiger partial charge is 0.237 e. The standard InChI is InChI=1S/C14H15F3N2OS2/c1-8(22-14(21)19-6-2-3-7-19)13(20)18-10-5-4-9(15)11(16)12(10)17/h4-5,8H,2-3,6-7H2,1H3,(H,18,20)/t8-/m1/s1. The van der Waals surface area contributed by atoms with E-state index >= 15 is 0 Å². The Morgan fingerprint density at radius 1 is 1.27 bits per heavy atom. The van der Waals surface area contributed by atoms with Gasteiger partial charge in [0.15, 0.2) is 17.5 Å². The Morgan fingerprint density at radius 2 is 1.91 bits per heavy atom. The van der Waals surface area contributed by atoms with Gasteiger partial charge in [0.1, 0.15) is 4.32 Å². The molecule has 22 heavy (non-hydrogen) atoms. The molecule has 1 aliphatic heterocycles. The first-order valence-electron chi connectivity index (χ1n) is 6.80. The molecule has 1 aromatic rings. The number of hydrogen-bond donors (Lipinski definition) is 1. The molecule has 1 N–H and O–H groups in total. The minimum absolute atomic E-state index is 0.386. The van der Waals surface area contributed by atoms with Crippen molar-refractivity contribution in [2.24, 2.45) is 0 Å². The van der Waals surface area contributed by atoms with Crippen LogP contribution in [0.5, 0.6) is 0 Å². The van der Waals surface area contributed by atoms with Crippen LogP contribution >= 0.6 is 24.0 Å². The summed E-state index contributed by atoms with van der Waals surface area (Å²) in [5.74, 6) is -4.83. The summed E-state index contributed by atoms with van der Waals surface area (Å²) in [5.41, 5.74) is -0.386. The fourth-order valence-electron chi connectivity index (χ4n) is 2.04. The minimum Gasteiger partial charge on any atom is -0.358 e. The van der Waals surface area contributed by atoms with Gasteiger partial charge in [-0.25, -0.2) is 13.2 Å². The molecule has 1 heterocycles.